The topological polar surface area (TPSA) is 78.0 Å². The van der Waals surface area contributed by atoms with Crippen molar-refractivity contribution in [2.75, 3.05) is 6.61 Å². The third-order valence-electron chi connectivity index (χ3n) is 2.72. The molecule has 0 fully saturated rings. The molecule has 0 atom stereocenters. The van der Waals surface area contributed by atoms with Crippen LogP contribution in [0.15, 0.2) is 30.7 Å². The van der Waals surface area contributed by atoms with Crippen LogP contribution in [0.25, 0.3) is 0 Å². The van der Waals surface area contributed by atoms with E-state index >= 15 is 0 Å². The second-order valence-corrected chi connectivity index (χ2v) is 4.27. The van der Waals surface area contributed by atoms with Crippen molar-refractivity contribution < 1.29 is 9.90 Å². The number of carbonyl (C=O) groups is 1. The van der Waals surface area contributed by atoms with Crippen molar-refractivity contribution >= 4 is 5.91 Å². The molecule has 5 nitrogen and oxygen atoms in total. The Hall–Kier alpha value is -2.58. The van der Waals surface area contributed by atoms with Gasteiger partial charge in [0.2, 0.25) is 0 Å². The molecule has 20 heavy (non-hydrogen) atoms. The van der Waals surface area contributed by atoms with Gasteiger partial charge in [0.05, 0.1) is 24.1 Å². The lowest BCUT2D eigenvalue weighted by Crippen LogP contribution is -2.23. The molecule has 102 valence electrons. The second-order valence-electron chi connectivity index (χ2n) is 4.27. The number of imidazole rings is 1. The Morgan fingerprint density at radius 3 is 3.05 bits per heavy atom. The molecule has 0 saturated carbocycles. The molecule has 0 bridgehead atoms. The number of aromatic amines is 1. The smallest absolute Gasteiger partial charge is 0.252 e. The summed E-state index contributed by atoms with van der Waals surface area (Å²) in [6.07, 6.45) is 3.22. The summed E-state index contributed by atoms with van der Waals surface area (Å²) in [5.41, 5.74) is 2.95. The van der Waals surface area contributed by atoms with Crippen LogP contribution >= 0.6 is 0 Å². The highest BCUT2D eigenvalue weighted by Gasteiger charge is 2.10. The number of amides is 1. The number of nitrogens with zero attached hydrogens (tertiary/aromatic N) is 1. The van der Waals surface area contributed by atoms with Gasteiger partial charge in [0.1, 0.15) is 6.61 Å². The van der Waals surface area contributed by atoms with Gasteiger partial charge in [0, 0.05) is 11.8 Å². The van der Waals surface area contributed by atoms with Crippen molar-refractivity contribution in [3.63, 3.8) is 0 Å². The third-order valence-corrected chi connectivity index (χ3v) is 2.72. The van der Waals surface area contributed by atoms with E-state index in [1.807, 2.05) is 19.1 Å². The summed E-state index contributed by atoms with van der Waals surface area (Å²) in [5, 5.41) is 11.6. The van der Waals surface area contributed by atoms with Gasteiger partial charge in [-0.3, -0.25) is 4.79 Å². The summed E-state index contributed by atoms with van der Waals surface area (Å²) in [6.45, 7) is 2.07. The van der Waals surface area contributed by atoms with Crippen LogP contribution in [0.5, 0.6) is 0 Å². The summed E-state index contributed by atoms with van der Waals surface area (Å²) >= 11 is 0. The Balaban J connectivity index is 2.16. The molecule has 0 aliphatic carbocycles. The zero-order valence-electron chi connectivity index (χ0n) is 11.1. The van der Waals surface area contributed by atoms with Crippen LogP contribution in [0, 0.1) is 18.8 Å². The minimum Gasteiger partial charge on any atom is -0.384 e. The van der Waals surface area contributed by atoms with Gasteiger partial charge in [-0.1, -0.05) is 17.9 Å². The van der Waals surface area contributed by atoms with Crippen molar-refractivity contribution in [1.82, 2.24) is 15.3 Å². The van der Waals surface area contributed by atoms with Crippen LogP contribution in [0.2, 0.25) is 0 Å². The lowest BCUT2D eigenvalue weighted by Gasteiger charge is -2.07. The van der Waals surface area contributed by atoms with E-state index < -0.39 is 0 Å². The summed E-state index contributed by atoms with van der Waals surface area (Å²) in [7, 11) is 0. The van der Waals surface area contributed by atoms with Crippen LogP contribution in [0.3, 0.4) is 0 Å². The van der Waals surface area contributed by atoms with Gasteiger partial charge in [-0.2, -0.15) is 0 Å². The average molecular weight is 269 g/mol. The van der Waals surface area contributed by atoms with E-state index in [2.05, 4.69) is 27.1 Å². The quantitative estimate of drug-likeness (QED) is 0.727. The summed E-state index contributed by atoms with van der Waals surface area (Å²) in [4.78, 5) is 19.0. The fourth-order valence-corrected chi connectivity index (χ4v) is 1.75. The highest BCUT2D eigenvalue weighted by Crippen LogP contribution is 2.11. The number of aryl methyl sites for hydroxylation is 1. The van der Waals surface area contributed by atoms with E-state index in [4.69, 9.17) is 5.11 Å². The normalized spacial score (nSPS) is 9.70. The fraction of sp³-hybridized carbons (Fsp3) is 0.200. The largest absolute Gasteiger partial charge is 0.384 e. The number of hydrogen-bond acceptors (Lipinski definition) is 3. The number of aromatic nitrogens is 2. The number of rotatable bonds is 3. The van der Waals surface area contributed by atoms with E-state index in [0.717, 1.165) is 11.3 Å². The molecule has 0 radical (unpaired) electrons. The first-order chi connectivity index (χ1) is 9.70. The van der Waals surface area contributed by atoms with Crippen molar-refractivity contribution in [2.45, 2.75) is 13.5 Å². The zero-order valence-corrected chi connectivity index (χ0v) is 11.1. The van der Waals surface area contributed by atoms with E-state index in [-0.39, 0.29) is 12.5 Å². The lowest BCUT2D eigenvalue weighted by molar-refractivity contribution is 0.0950. The number of hydrogen-bond donors (Lipinski definition) is 3. The Kier molecular flexibility index (Phi) is 4.53. The van der Waals surface area contributed by atoms with Gasteiger partial charge >= 0.3 is 0 Å². The highest BCUT2D eigenvalue weighted by molar-refractivity contribution is 5.96. The van der Waals surface area contributed by atoms with E-state index in [0.29, 0.717) is 17.7 Å². The fourth-order valence-electron chi connectivity index (χ4n) is 1.75. The third kappa shape index (κ3) is 3.46. The summed E-state index contributed by atoms with van der Waals surface area (Å²) in [5.74, 6) is 5.16. The van der Waals surface area contributed by atoms with Crippen LogP contribution in [-0.2, 0) is 6.54 Å². The standard InChI is InChI=1S/C15H15N3O2/c1-11-4-5-14(12(7-11)3-2-6-19)15(20)17-9-13-8-16-10-18-13/h4-5,7-8,10,19H,6,9H2,1H3,(H,16,18)(H,17,20). The molecular formula is C15H15N3O2. The SMILES string of the molecule is Cc1ccc(C(=O)NCc2cnc[nH]2)c(C#CCO)c1. The molecule has 0 aliphatic heterocycles. The zero-order chi connectivity index (χ0) is 14.4. The van der Waals surface area contributed by atoms with Gasteiger partial charge in [0.15, 0.2) is 0 Å². The first-order valence-corrected chi connectivity index (χ1v) is 6.16. The monoisotopic (exact) mass is 269 g/mol. The summed E-state index contributed by atoms with van der Waals surface area (Å²) < 4.78 is 0. The van der Waals surface area contributed by atoms with Crippen LogP contribution in [0.4, 0.5) is 0 Å². The van der Waals surface area contributed by atoms with Crippen LogP contribution < -0.4 is 5.32 Å². The molecular weight excluding hydrogens is 254 g/mol. The Morgan fingerprint density at radius 2 is 2.35 bits per heavy atom. The predicted octanol–water partition coefficient (Wildman–Crippen LogP) is 0.992. The highest BCUT2D eigenvalue weighted by atomic mass is 16.2. The molecule has 5 heteroatoms. The van der Waals surface area contributed by atoms with Gasteiger partial charge < -0.3 is 15.4 Å². The molecule has 1 heterocycles. The maximum Gasteiger partial charge on any atom is 0.252 e. The molecule has 0 aliphatic rings. The number of aliphatic hydroxyl groups is 1. The number of H-pyrrole nitrogens is 1. The molecule has 1 amide bonds. The summed E-state index contributed by atoms with van der Waals surface area (Å²) in [6, 6.07) is 5.42. The van der Waals surface area contributed by atoms with Crippen molar-refractivity contribution in [2.24, 2.45) is 0 Å². The van der Waals surface area contributed by atoms with Crippen LogP contribution in [0.1, 0.15) is 27.2 Å². The minimum absolute atomic E-state index is 0.207. The van der Waals surface area contributed by atoms with E-state index in [1.165, 1.54) is 0 Å². The lowest BCUT2D eigenvalue weighted by atomic mass is 10.0. The number of benzene rings is 1. The van der Waals surface area contributed by atoms with Crippen molar-refractivity contribution in [1.29, 1.82) is 0 Å². The Bertz CT molecular complexity index is 651. The number of carbonyl (C=O) groups excluding carboxylic acids is 1. The Morgan fingerprint density at radius 1 is 1.50 bits per heavy atom. The molecule has 0 spiro atoms. The number of aliphatic hydroxyl groups excluding tert-OH is 1. The maximum atomic E-state index is 12.2. The van der Waals surface area contributed by atoms with E-state index in [1.54, 1.807) is 18.6 Å². The first kappa shape index (κ1) is 13.8. The molecule has 1 aromatic heterocycles. The number of nitrogens with one attached hydrogen (secondary N) is 2. The molecule has 2 rings (SSSR count). The Labute approximate surface area is 117 Å². The van der Waals surface area contributed by atoms with E-state index in [9.17, 15) is 4.79 Å². The predicted molar refractivity (Wildman–Crippen MR) is 74.9 cm³/mol. The van der Waals surface area contributed by atoms with Crippen LogP contribution in [-0.4, -0.2) is 27.6 Å². The molecule has 3 N–H and O–H groups in total. The molecule has 0 unspecified atom stereocenters. The molecule has 0 saturated heterocycles. The van der Waals surface area contributed by atoms with Gasteiger partial charge in [-0.15, -0.1) is 0 Å². The molecule has 2 aromatic rings. The maximum absolute atomic E-state index is 12.2. The van der Waals surface area contributed by atoms with Crippen molar-refractivity contribution in [3.05, 3.63) is 53.1 Å². The second kappa shape index (κ2) is 6.55. The van der Waals surface area contributed by atoms with Gasteiger partial charge in [-0.05, 0) is 24.6 Å². The minimum atomic E-state index is -0.233. The molecule has 1 aromatic carbocycles. The van der Waals surface area contributed by atoms with Gasteiger partial charge in [0.25, 0.3) is 5.91 Å². The van der Waals surface area contributed by atoms with Gasteiger partial charge in [-0.25, -0.2) is 4.98 Å². The first-order valence-electron chi connectivity index (χ1n) is 6.16. The average Bonchev–Trinajstić information content (AvgIpc) is 2.96. The van der Waals surface area contributed by atoms with Crippen molar-refractivity contribution in [3.8, 4) is 11.8 Å².